The third-order valence-corrected chi connectivity index (χ3v) is 7.70. The van der Waals surface area contributed by atoms with E-state index in [1.54, 1.807) is 10.8 Å². The minimum atomic E-state index is -0.358. The lowest BCUT2D eigenvalue weighted by Crippen LogP contribution is -2.39. The number of aromatic nitrogens is 4. The number of pyridine rings is 2. The van der Waals surface area contributed by atoms with E-state index in [4.69, 9.17) is 15.1 Å². The van der Waals surface area contributed by atoms with Gasteiger partial charge in [-0.2, -0.15) is 0 Å². The first kappa shape index (κ1) is 26.0. The molecular formula is C30H33N7O3. The molecule has 6 rings (SSSR count). The number of nitrogens with zero attached hydrogens (tertiary/aromatic N) is 4. The van der Waals surface area contributed by atoms with E-state index in [2.05, 4.69) is 21.3 Å². The standard InChI is InChI=1S/C30H33N7O3/c1-20-6-4-12-37-27(20)34-28-24(30(37)39)18-23(29(38)32-10-5-11-35-14-16-40-17-15-35)26(31)36(28)13-9-21-19-33-25-8-3-2-7-22(21)25/h2-4,6-8,12,18-19,31,33H,5,9-11,13-17H2,1H3,(H,32,38). The van der Waals surface area contributed by atoms with E-state index in [-0.39, 0.29) is 22.5 Å². The third kappa shape index (κ3) is 4.91. The van der Waals surface area contributed by atoms with Gasteiger partial charge in [-0.15, -0.1) is 0 Å². The molecule has 1 fully saturated rings. The Morgan fingerprint density at radius 3 is 2.77 bits per heavy atom. The van der Waals surface area contributed by atoms with Crippen LogP contribution in [0.5, 0.6) is 0 Å². The number of benzene rings is 1. The molecular weight excluding hydrogens is 506 g/mol. The Labute approximate surface area is 230 Å². The number of aromatic amines is 1. The van der Waals surface area contributed by atoms with E-state index in [1.165, 1.54) is 10.5 Å². The highest BCUT2D eigenvalue weighted by atomic mass is 16.5. The van der Waals surface area contributed by atoms with E-state index in [9.17, 15) is 9.59 Å². The van der Waals surface area contributed by atoms with Gasteiger partial charge in [0.15, 0.2) is 0 Å². The van der Waals surface area contributed by atoms with Crippen LogP contribution in [0.1, 0.15) is 27.9 Å². The minimum Gasteiger partial charge on any atom is -0.379 e. The van der Waals surface area contributed by atoms with Crippen LogP contribution in [0.4, 0.5) is 0 Å². The Kier molecular flexibility index (Phi) is 7.19. The summed E-state index contributed by atoms with van der Waals surface area (Å²) in [5, 5.41) is 13.4. The fraction of sp³-hybridized carbons (Fsp3) is 0.333. The number of carbonyl (C=O) groups excluding carboxylic acids is 1. The maximum atomic E-state index is 13.6. The van der Waals surface area contributed by atoms with E-state index in [1.807, 2.05) is 43.5 Å². The number of rotatable bonds is 8. The second-order valence-corrected chi connectivity index (χ2v) is 10.3. The summed E-state index contributed by atoms with van der Waals surface area (Å²) in [5.41, 5.74) is 3.91. The van der Waals surface area contributed by atoms with Crippen LogP contribution in [0.3, 0.4) is 0 Å². The second-order valence-electron chi connectivity index (χ2n) is 10.3. The molecule has 0 atom stereocenters. The van der Waals surface area contributed by atoms with Gasteiger partial charge in [0.2, 0.25) is 0 Å². The molecule has 5 heterocycles. The molecule has 1 saturated heterocycles. The zero-order valence-corrected chi connectivity index (χ0v) is 22.6. The quantitative estimate of drug-likeness (QED) is 0.207. The van der Waals surface area contributed by atoms with Gasteiger partial charge < -0.3 is 19.6 Å². The molecule has 206 valence electrons. The van der Waals surface area contributed by atoms with Crippen LogP contribution in [0, 0.1) is 12.3 Å². The first-order valence-electron chi connectivity index (χ1n) is 13.7. The SMILES string of the molecule is Cc1cccn2c(=O)c3cc(C(=O)NCCCN4CCOCC4)c(=N)n(CCc4c[nH]c5ccccc45)c3nc12. The van der Waals surface area contributed by atoms with Crippen molar-refractivity contribution in [2.75, 3.05) is 39.4 Å². The first-order chi connectivity index (χ1) is 19.5. The molecule has 10 nitrogen and oxygen atoms in total. The van der Waals surface area contributed by atoms with E-state index >= 15 is 0 Å². The van der Waals surface area contributed by atoms with Gasteiger partial charge in [0, 0.05) is 49.5 Å². The Morgan fingerprint density at radius 2 is 1.93 bits per heavy atom. The topological polar surface area (TPSA) is 121 Å². The van der Waals surface area contributed by atoms with Crippen LogP contribution in [-0.4, -0.2) is 69.1 Å². The van der Waals surface area contributed by atoms with Crippen molar-refractivity contribution in [2.45, 2.75) is 26.3 Å². The number of nitrogens with one attached hydrogen (secondary N) is 3. The number of carbonyl (C=O) groups is 1. The summed E-state index contributed by atoms with van der Waals surface area (Å²) in [6.07, 6.45) is 5.06. The van der Waals surface area contributed by atoms with Gasteiger partial charge >= 0.3 is 0 Å². The fourth-order valence-corrected chi connectivity index (χ4v) is 5.48. The third-order valence-electron chi connectivity index (χ3n) is 7.70. The zero-order valence-electron chi connectivity index (χ0n) is 22.6. The van der Waals surface area contributed by atoms with Crippen LogP contribution in [-0.2, 0) is 17.7 Å². The number of morpholine rings is 1. The summed E-state index contributed by atoms with van der Waals surface area (Å²) in [4.78, 5) is 37.4. The number of para-hydroxylation sites is 1. The highest BCUT2D eigenvalue weighted by molar-refractivity contribution is 5.96. The van der Waals surface area contributed by atoms with Gasteiger partial charge in [0.05, 0.1) is 24.2 Å². The average Bonchev–Trinajstić information content (AvgIpc) is 3.39. The highest BCUT2D eigenvalue weighted by Crippen LogP contribution is 2.19. The minimum absolute atomic E-state index is 0.0443. The van der Waals surface area contributed by atoms with Gasteiger partial charge in [-0.3, -0.25) is 24.3 Å². The number of aryl methyl sites for hydroxylation is 3. The predicted octanol–water partition coefficient (Wildman–Crippen LogP) is 2.61. The Morgan fingerprint density at radius 1 is 1.10 bits per heavy atom. The average molecular weight is 540 g/mol. The number of amides is 1. The lowest BCUT2D eigenvalue weighted by atomic mass is 10.1. The van der Waals surface area contributed by atoms with E-state index in [0.29, 0.717) is 36.2 Å². The first-order valence-corrected chi connectivity index (χ1v) is 13.7. The van der Waals surface area contributed by atoms with Gasteiger partial charge in [-0.05, 0) is 55.6 Å². The molecule has 1 aliphatic heterocycles. The lowest BCUT2D eigenvalue weighted by Gasteiger charge is -2.26. The van der Waals surface area contributed by atoms with Crippen molar-refractivity contribution in [2.24, 2.45) is 0 Å². The predicted molar refractivity (Wildman–Crippen MR) is 154 cm³/mol. The molecule has 10 heteroatoms. The Bertz CT molecular complexity index is 1830. The summed E-state index contributed by atoms with van der Waals surface area (Å²) in [7, 11) is 0. The van der Waals surface area contributed by atoms with Crippen LogP contribution in [0.2, 0.25) is 0 Å². The summed E-state index contributed by atoms with van der Waals surface area (Å²) in [5.74, 6) is -0.358. The number of ether oxygens (including phenoxy) is 1. The lowest BCUT2D eigenvalue weighted by molar-refractivity contribution is 0.0374. The second kappa shape index (κ2) is 11.1. The maximum Gasteiger partial charge on any atom is 0.267 e. The Hall–Kier alpha value is -4.28. The highest BCUT2D eigenvalue weighted by Gasteiger charge is 2.19. The molecule has 0 bridgehead atoms. The van der Waals surface area contributed by atoms with Gasteiger partial charge in [-0.1, -0.05) is 24.3 Å². The summed E-state index contributed by atoms with van der Waals surface area (Å²) >= 11 is 0. The number of hydrogen-bond acceptors (Lipinski definition) is 6. The zero-order chi connectivity index (χ0) is 27.6. The van der Waals surface area contributed by atoms with Gasteiger partial charge in [-0.25, -0.2) is 4.98 Å². The monoisotopic (exact) mass is 539 g/mol. The van der Waals surface area contributed by atoms with Crippen LogP contribution >= 0.6 is 0 Å². The molecule has 1 aromatic carbocycles. The normalized spacial score (nSPS) is 14.3. The summed E-state index contributed by atoms with van der Waals surface area (Å²) < 4.78 is 8.61. The number of fused-ring (bicyclic) bond motifs is 3. The van der Waals surface area contributed by atoms with Crippen molar-refractivity contribution < 1.29 is 9.53 Å². The number of H-pyrrole nitrogens is 1. The molecule has 5 aromatic rings. The summed E-state index contributed by atoms with van der Waals surface area (Å²) in [6.45, 7) is 6.93. The van der Waals surface area contributed by atoms with Gasteiger partial charge in [0.25, 0.3) is 11.5 Å². The smallest absolute Gasteiger partial charge is 0.267 e. The molecule has 3 N–H and O–H groups in total. The molecule has 0 saturated carbocycles. The molecule has 0 aliphatic carbocycles. The maximum absolute atomic E-state index is 13.6. The van der Waals surface area contributed by atoms with Crippen molar-refractivity contribution >= 4 is 33.5 Å². The van der Waals surface area contributed by atoms with Crippen molar-refractivity contribution in [1.82, 2.24) is 29.2 Å². The Balaban J connectivity index is 1.35. The molecule has 0 spiro atoms. The van der Waals surface area contributed by atoms with Crippen molar-refractivity contribution in [3.8, 4) is 0 Å². The van der Waals surface area contributed by atoms with E-state index < -0.39 is 0 Å². The van der Waals surface area contributed by atoms with Crippen molar-refractivity contribution in [3.63, 3.8) is 0 Å². The van der Waals surface area contributed by atoms with Crippen LogP contribution in [0.25, 0.3) is 27.6 Å². The fourth-order valence-electron chi connectivity index (χ4n) is 5.48. The molecule has 40 heavy (non-hydrogen) atoms. The molecule has 1 amide bonds. The van der Waals surface area contributed by atoms with Crippen molar-refractivity contribution in [3.05, 3.63) is 87.4 Å². The van der Waals surface area contributed by atoms with Crippen LogP contribution < -0.4 is 16.4 Å². The largest absolute Gasteiger partial charge is 0.379 e. The van der Waals surface area contributed by atoms with E-state index in [0.717, 1.165) is 61.3 Å². The molecule has 1 aliphatic rings. The molecule has 0 unspecified atom stereocenters. The molecule has 4 aromatic heterocycles. The molecule has 0 radical (unpaired) electrons. The van der Waals surface area contributed by atoms with Crippen molar-refractivity contribution in [1.29, 1.82) is 5.41 Å². The van der Waals surface area contributed by atoms with Gasteiger partial charge in [0.1, 0.15) is 16.8 Å². The summed E-state index contributed by atoms with van der Waals surface area (Å²) in [6, 6.07) is 13.3. The number of hydrogen-bond donors (Lipinski definition) is 3. The van der Waals surface area contributed by atoms with Crippen LogP contribution in [0.15, 0.2) is 59.7 Å².